The smallest absolute Gasteiger partial charge is 0.227 e. The maximum absolute atomic E-state index is 11.0. The third-order valence-corrected chi connectivity index (χ3v) is 3.17. The van der Waals surface area contributed by atoms with Gasteiger partial charge in [-0.1, -0.05) is 18.2 Å². The van der Waals surface area contributed by atoms with E-state index in [1.807, 2.05) is 24.3 Å². The Kier molecular flexibility index (Phi) is 3.47. The molecule has 5 heteroatoms. The fourth-order valence-electron chi connectivity index (χ4n) is 2.17. The van der Waals surface area contributed by atoms with E-state index in [-0.39, 0.29) is 0 Å². The number of anilines is 2. The van der Waals surface area contributed by atoms with E-state index in [0.29, 0.717) is 17.3 Å². The quantitative estimate of drug-likeness (QED) is 0.743. The molecular formula is C16H13N3O2. The van der Waals surface area contributed by atoms with Gasteiger partial charge in [-0.15, -0.1) is 0 Å². The third-order valence-electron chi connectivity index (χ3n) is 3.17. The molecule has 1 N–H and O–H groups in total. The molecule has 5 nitrogen and oxygen atoms in total. The van der Waals surface area contributed by atoms with E-state index < -0.39 is 0 Å². The Morgan fingerprint density at radius 1 is 1.14 bits per heavy atom. The minimum Gasteiger partial charge on any atom is -0.495 e. The SMILES string of the molecule is COc1ccc2ccc(C=O)cc2c1Nc1ncccn1. The van der Waals surface area contributed by atoms with Crippen molar-refractivity contribution in [2.75, 3.05) is 12.4 Å². The minimum atomic E-state index is 0.472. The number of carbonyl (C=O) groups excluding carboxylic acids is 1. The lowest BCUT2D eigenvalue weighted by molar-refractivity contribution is 0.112. The van der Waals surface area contributed by atoms with Crippen LogP contribution in [0.25, 0.3) is 10.8 Å². The molecule has 21 heavy (non-hydrogen) atoms. The summed E-state index contributed by atoms with van der Waals surface area (Å²) in [5.41, 5.74) is 1.35. The van der Waals surface area contributed by atoms with Crippen molar-refractivity contribution in [3.05, 3.63) is 54.4 Å². The molecule has 1 aromatic heterocycles. The highest BCUT2D eigenvalue weighted by Gasteiger charge is 2.10. The minimum absolute atomic E-state index is 0.472. The van der Waals surface area contributed by atoms with E-state index >= 15 is 0 Å². The Morgan fingerprint density at radius 3 is 2.62 bits per heavy atom. The predicted molar refractivity (Wildman–Crippen MR) is 81.2 cm³/mol. The molecule has 1 heterocycles. The van der Waals surface area contributed by atoms with Gasteiger partial charge in [-0.3, -0.25) is 4.79 Å². The molecule has 0 saturated carbocycles. The first kappa shape index (κ1) is 13.1. The van der Waals surface area contributed by atoms with E-state index in [1.165, 1.54) is 0 Å². The number of fused-ring (bicyclic) bond motifs is 1. The van der Waals surface area contributed by atoms with Crippen LogP contribution in [-0.4, -0.2) is 23.4 Å². The number of rotatable bonds is 4. The van der Waals surface area contributed by atoms with E-state index in [1.54, 1.807) is 31.6 Å². The van der Waals surface area contributed by atoms with Crippen molar-refractivity contribution in [3.63, 3.8) is 0 Å². The molecule has 0 amide bonds. The molecule has 0 aliphatic heterocycles. The molecule has 0 radical (unpaired) electrons. The number of nitrogens with zero attached hydrogens (tertiary/aromatic N) is 2. The van der Waals surface area contributed by atoms with Gasteiger partial charge in [0.1, 0.15) is 12.0 Å². The number of benzene rings is 2. The molecule has 0 saturated heterocycles. The summed E-state index contributed by atoms with van der Waals surface area (Å²) >= 11 is 0. The summed E-state index contributed by atoms with van der Waals surface area (Å²) in [5.74, 6) is 1.14. The van der Waals surface area contributed by atoms with Crippen LogP contribution in [0.5, 0.6) is 5.75 Å². The highest BCUT2D eigenvalue weighted by atomic mass is 16.5. The summed E-state index contributed by atoms with van der Waals surface area (Å²) in [5, 5.41) is 5.04. The topological polar surface area (TPSA) is 64.1 Å². The Balaban J connectivity index is 2.19. The van der Waals surface area contributed by atoms with Gasteiger partial charge in [0, 0.05) is 23.3 Å². The second-order valence-corrected chi connectivity index (χ2v) is 4.44. The highest BCUT2D eigenvalue weighted by molar-refractivity contribution is 6.00. The summed E-state index contributed by atoms with van der Waals surface area (Å²) in [7, 11) is 1.60. The van der Waals surface area contributed by atoms with Gasteiger partial charge >= 0.3 is 0 Å². The zero-order valence-electron chi connectivity index (χ0n) is 11.4. The Bertz CT molecular complexity index is 788. The molecular weight excluding hydrogens is 266 g/mol. The first-order valence-electron chi connectivity index (χ1n) is 6.42. The van der Waals surface area contributed by atoms with E-state index in [0.717, 1.165) is 22.7 Å². The van der Waals surface area contributed by atoms with Gasteiger partial charge in [0.15, 0.2) is 0 Å². The van der Waals surface area contributed by atoms with E-state index in [2.05, 4.69) is 15.3 Å². The molecule has 0 fully saturated rings. The summed E-state index contributed by atoms with van der Waals surface area (Å²) in [6.45, 7) is 0. The van der Waals surface area contributed by atoms with Crippen LogP contribution in [0.1, 0.15) is 10.4 Å². The second-order valence-electron chi connectivity index (χ2n) is 4.44. The normalized spacial score (nSPS) is 10.3. The van der Waals surface area contributed by atoms with Gasteiger partial charge in [-0.05, 0) is 23.6 Å². The maximum atomic E-state index is 11.0. The molecule has 2 aromatic carbocycles. The van der Waals surface area contributed by atoms with Crippen LogP contribution in [0, 0.1) is 0 Å². The van der Waals surface area contributed by atoms with Crippen molar-refractivity contribution in [3.8, 4) is 5.75 Å². The second kappa shape index (κ2) is 5.58. The molecule has 0 bridgehead atoms. The zero-order chi connectivity index (χ0) is 14.7. The summed E-state index contributed by atoms with van der Waals surface area (Å²) < 4.78 is 5.39. The van der Waals surface area contributed by atoms with Crippen molar-refractivity contribution in [1.29, 1.82) is 0 Å². The van der Waals surface area contributed by atoms with E-state index in [9.17, 15) is 4.79 Å². The monoisotopic (exact) mass is 279 g/mol. The standard InChI is InChI=1S/C16H13N3O2/c1-21-14-6-5-12-4-3-11(10-20)9-13(12)15(14)19-16-17-7-2-8-18-16/h2-10H,1H3,(H,17,18,19). The number of carbonyl (C=O) groups is 1. The van der Waals surface area contributed by atoms with Crippen molar-refractivity contribution < 1.29 is 9.53 Å². The first-order chi connectivity index (χ1) is 10.3. The van der Waals surface area contributed by atoms with Gasteiger partial charge < -0.3 is 10.1 Å². The van der Waals surface area contributed by atoms with Crippen molar-refractivity contribution in [2.45, 2.75) is 0 Å². The fourth-order valence-corrected chi connectivity index (χ4v) is 2.17. The highest BCUT2D eigenvalue weighted by Crippen LogP contribution is 2.35. The van der Waals surface area contributed by atoms with E-state index in [4.69, 9.17) is 4.74 Å². The Morgan fingerprint density at radius 2 is 1.90 bits per heavy atom. The number of nitrogens with one attached hydrogen (secondary N) is 1. The number of ether oxygens (including phenoxy) is 1. The van der Waals surface area contributed by atoms with Gasteiger partial charge in [0.25, 0.3) is 0 Å². The maximum Gasteiger partial charge on any atom is 0.227 e. The molecule has 3 rings (SSSR count). The van der Waals surface area contributed by atoms with Crippen LogP contribution in [0.4, 0.5) is 11.6 Å². The lowest BCUT2D eigenvalue weighted by Crippen LogP contribution is -1.99. The molecule has 0 aliphatic rings. The van der Waals surface area contributed by atoms with Crippen LogP contribution < -0.4 is 10.1 Å². The van der Waals surface area contributed by atoms with Gasteiger partial charge in [0.05, 0.1) is 12.8 Å². The molecule has 0 aliphatic carbocycles. The molecule has 0 atom stereocenters. The number of hydrogen-bond donors (Lipinski definition) is 1. The first-order valence-corrected chi connectivity index (χ1v) is 6.42. The number of hydrogen-bond acceptors (Lipinski definition) is 5. The predicted octanol–water partition coefficient (Wildman–Crippen LogP) is 3.19. The lowest BCUT2D eigenvalue weighted by Gasteiger charge is -2.13. The van der Waals surface area contributed by atoms with Crippen LogP contribution in [-0.2, 0) is 0 Å². The molecule has 0 spiro atoms. The van der Waals surface area contributed by atoms with Crippen molar-refractivity contribution in [1.82, 2.24) is 9.97 Å². The summed E-state index contributed by atoms with van der Waals surface area (Å²) in [4.78, 5) is 19.3. The van der Waals surface area contributed by atoms with Crippen molar-refractivity contribution >= 4 is 28.7 Å². The van der Waals surface area contributed by atoms with Crippen LogP contribution >= 0.6 is 0 Å². The molecule has 0 unspecified atom stereocenters. The largest absolute Gasteiger partial charge is 0.495 e. The average Bonchev–Trinajstić information content (AvgIpc) is 2.55. The van der Waals surface area contributed by atoms with Gasteiger partial charge in [0.2, 0.25) is 5.95 Å². The summed E-state index contributed by atoms with van der Waals surface area (Å²) in [6.07, 6.45) is 4.13. The van der Waals surface area contributed by atoms with Crippen LogP contribution in [0.2, 0.25) is 0 Å². The molecule has 104 valence electrons. The Labute approximate surface area is 121 Å². The zero-order valence-corrected chi connectivity index (χ0v) is 11.4. The van der Waals surface area contributed by atoms with Crippen LogP contribution in [0.15, 0.2) is 48.8 Å². The Hall–Kier alpha value is -2.95. The number of aromatic nitrogens is 2. The van der Waals surface area contributed by atoms with Gasteiger partial charge in [-0.2, -0.15) is 0 Å². The average molecular weight is 279 g/mol. The third kappa shape index (κ3) is 2.53. The number of methoxy groups -OCH3 is 1. The molecule has 3 aromatic rings. The van der Waals surface area contributed by atoms with Crippen LogP contribution in [0.3, 0.4) is 0 Å². The van der Waals surface area contributed by atoms with Gasteiger partial charge in [-0.25, -0.2) is 9.97 Å². The summed E-state index contributed by atoms with van der Waals surface area (Å²) in [6, 6.07) is 11.1. The lowest BCUT2D eigenvalue weighted by atomic mass is 10.0. The number of aldehydes is 1. The fraction of sp³-hybridized carbons (Fsp3) is 0.0625. The van der Waals surface area contributed by atoms with Crippen molar-refractivity contribution in [2.24, 2.45) is 0 Å².